The van der Waals surface area contributed by atoms with E-state index in [1.807, 2.05) is 0 Å². The summed E-state index contributed by atoms with van der Waals surface area (Å²) in [6.07, 6.45) is 0.0581. The number of thiazole rings is 1. The topological polar surface area (TPSA) is 77.5 Å². The second-order valence-electron chi connectivity index (χ2n) is 5.74. The summed E-state index contributed by atoms with van der Waals surface area (Å²) in [5.74, 6) is -0.614. The molecule has 3 aromatic rings. The van der Waals surface area contributed by atoms with E-state index >= 15 is 0 Å². The summed E-state index contributed by atoms with van der Waals surface area (Å²) in [7, 11) is 1.28. The van der Waals surface area contributed by atoms with Gasteiger partial charge in [0.1, 0.15) is 23.2 Å². The van der Waals surface area contributed by atoms with Gasteiger partial charge in [-0.25, -0.2) is 14.2 Å². The average molecular weight is 400 g/mol. The van der Waals surface area contributed by atoms with Gasteiger partial charge in [0.15, 0.2) is 0 Å². The van der Waals surface area contributed by atoms with Crippen molar-refractivity contribution in [1.82, 2.24) is 4.98 Å². The van der Waals surface area contributed by atoms with Gasteiger partial charge in [-0.15, -0.1) is 11.3 Å². The Labute approximate surface area is 164 Å². The summed E-state index contributed by atoms with van der Waals surface area (Å²) >= 11 is 1.37. The van der Waals surface area contributed by atoms with Crippen molar-refractivity contribution in [3.8, 4) is 5.75 Å². The molecule has 0 aliphatic carbocycles. The number of carbonyl (C=O) groups is 2. The summed E-state index contributed by atoms with van der Waals surface area (Å²) in [6.45, 7) is 0.225. The van der Waals surface area contributed by atoms with E-state index in [9.17, 15) is 14.0 Å². The van der Waals surface area contributed by atoms with E-state index in [1.165, 1.54) is 42.7 Å². The van der Waals surface area contributed by atoms with E-state index in [1.54, 1.807) is 29.6 Å². The first-order valence-corrected chi connectivity index (χ1v) is 9.22. The van der Waals surface area contributed by atoms with Crippen LogP contribution in [0.1, 0.15) is 21.1 Å². The minimum absolute atomic E-state index is 0.0581. The highest BCUT2D eigenvalue weighted by atomic mass is 32.1. The third-order valence-corrected chi connectivity index (χ3v) is 4.59. The number of aromatic nitrogens is 1. The molecular weight excluding hydrogens is 383 g/mol. The van der Waals surface area contributed by atoms with Gasteiger partial charge in [-0.3, -0.25) is 4.79 Å². The Morgan fingerprint density at radius 1 is 1.14 bits per heavy atom. The Balaban J connectivity index is 1.57. The van der Waals surface area contributed by atoms with Gasteiger partial charge < -0.3 is 14.8 Å². The Bertz CT molecular complexity index is 972. The fourth-order valence-corrected chi connectivity index (χ4v) is 3.12. The lowest BCUT2D eigenvalue weighted by Crippen LogP contribution is -2.17. The molecule has 1 aromatic heterocycles. The molecular formula is C20H17FN2O4S. The second-order valence-corrected chi connectivity index (χ2v) is 6.68. The summed E-state index contributed by atoms with van der Waals surface area (Å²) in [6, 6.07) is 12.3. The molecule has 0 saturated carbocycles. The van der Waals surface area contributed by atoms with Crippen molar-refractivity contribution < 1.29 is 23.5 Å². The number of esters is 1. The molecule has 28 heavy (non-hydrogen) atoms. The highest BCUT2D eigenvalue weighted by molar-refractivity contribution is 7.09. The first-order valence-electron chi connectivity index (χ1n) is 8.34. The Morgan fingerprint density at radius 2 is 1.89 bits per heavy atom. The lowest BCUT2D eigenvalue weighted by atomic mass is 10.1. The first-order chi connectivity index (χ1) is 13.5. The number of ether oxygens (including phenoxy) is 2. The molecule has 6 nitrogen and oxygen atoms in total. The Kier molecular flexibility index (Phi) is 6.33. The van der Waals surface area contributed by atoms with Crippen molar-refractivity contribution in [2.45, 2.75) is 13.0 Å². The zero-order valence-electron chi connectivity index (χ0n) is 15.0. The minimum atomic E-state index is -0.523. The third-order valence-electron chi connectivity index (χ3n) is 3.72. The van der Waals surface area contributed by atoms with Crippen LogP contribution in [0.5, 0.6) is 5.75 Å². The summed E-state index contributed by atoms with van der Waals surface area (Å²) in [5.41, 5.74) is 1.26. The molecule has 0 aliphatic heterocycles. The molecule has 0 atom stereocenters. The van der Waals surface area contributed by atoms with Gasteiger partial charge in [0.25, 0.3) is 0 Å². The quantitative estimate of drug-likeness (QED) is 0.610. The standard InChI is InChI=1S/C20H17FN2O4S/c1-26-20(25)16-4-2-3-5-17(16)23-18(24)10-14-12-28-19(22-14)11-27-15-8-6-13(21)7-9-15/h2-9,12H,10-11H2,1H3,(H,23,24). The van der Waals surface area contributed by atoms with Crippen LogP contribution in [0.3, 0.4) is 0 Å². The van der Waals surface area contributed by atoms with Crippen LogP contribution in [-0.2, 0) is 22.6 Å². The first kappa shape index (κ1) is 19.5. The molecule has 8 heteroatoms. The van der Waals surface area contributed by atoms with Crippen LogP contribution < -0.4 is 10.1 Å². The molecule has 2 aromatic carbocycles. The van der Waals surface area contributed by atoms with Gasteiger partial charge in [0.2, 0.25) is 5.91 Å². The largest absolute Gasteiger partial charge is 0.486 e. The molecule has 1 amide bonds. The van der Waals surface area contributed by atoms with Crippen LogP contribution in [-0.4, -0.2) is 24.0 Å². The SMILES string of the molecule is COC(=O)c1ccccc1NC(=O)Cc1csc(COc2ccc(F)cc2)n1. The van der Waals surface area contributed by atoms with Crippen LogP contribution in [0.2, 0.25) is 0 Å². The number of rotatable bonds is 7. The van der Waals surface area contributed by atoms with Crippen molar-refractivity contribution in [2.75, 3.05) is 12.4 Å². The molecule has 1 heterocycles. The predicted molar refractivity (Wildman–Crippen MR) is 103 cm³/mol. The number of halogens is 1. The lowest BCUT2D eigenvalue weighted by Gasteiger charge is -2.08. The normalized spacial score (nSPS) is 10.4. The van der Waals surface area contributed by atoms with E-state index in [0.717, 1.165) is 0 Å². The molecule has 0 saturated heterocycles. The number of carbonyl (C=O) groups excluding carboxylic acids is 2. The highest BCUT2D eigenvalue weighted by Crippen LogP contribution is 2.18. The van der Waals surface area contributed by atoms with E-state index in [2.05, 4.69) is 10.3 Å². The third kappa shape index (κ3) is 5.14. The number of hydrogen-bond acceptors (Lipinski definition) is 6. The number of para-hydroxylation sites is 1. The molecule has 0 fully saturated rings. The number of nitrogens with zero attached hydrogens (tertiary/aromatic N) is 1. The fraction of sp³-hybridized carbons (Fsp3) is 0.150. The summed E-state index contributed by atoms with van der Waals surface area (Å²) < 4.78 is 23.2. The van der Waals surface area contributed by atoms with Crippen LogP contribution in [0, 0.1) is 5.82 Å². The molecule has 1 N–H and O–H groups in total. The number of nitrogens with one attached hydrogen (secondary N) is 1. The molecule has 0 spiro atoms. The minimum Gasteiger partial charge on any atom is -0.486 e. The Hall–Kier alpha value is -3.26. The number of benzene rings is 2. The summed E-state index contributed by atoms with van der Waals surface area (Å²) in [5, 5.41) is 5.17. The number of amides is 1. The van der Waals surface area contributed by atoms with Crippen LogP contribution in [0.15, 0.2) is 53.9 Å². The molecule has 0 aliphatic rings. The maximum absolute atomic E-state index is 12.9. The number of hydrogen-bond donors (Lipinski definition) is 1. The summed E-state index contributed by atoms with van der Waals surface area (Å²) in [4.78, 5) is 28.4. The second kappa shape index (κ2) is 9.09. The van der Waals surface area contributed by atoms with Gasteiger partial charge in [-0.1, -0.05) is 12.1 Å². The van der Waals surface area contributed by atoms with Crippen molar-refractivity contribution >= 4 is 28.9 Å². The van der Waals surface area contributed by atoms with Gasteiger partial charge >= 0.3 is 5.97 Å². The smallest absolute Gasteiger partial charge is 0.339 e. The van der Waals surface area contributed by atoms with E-state index in [-0.39, 0.29) is 30.3 Å². The van der Waals surface area contributed by atoms with Crippen molar-refractivity contribution in [3.05, 3.63) is 76.0 Å². The van der Waals surface area contributed by atoms with Crippen molar-refractivity contribution in [3.63, 3.8) is 0 Å². The molecule has 3 rings (SSSR count). The molecule has 0 unspecified atom stereocenters. The maximum Gasteiger partial charge on any atom is 0.339 e. The van der Waals surface area contributed by atoms with Crippen LogP contribution in [0.4, 0.5) is 10.1 Å². The van der Waals surface area contributed by atoms with Gasteiger partial charge in [-0.2, -0.15) is 0 Å². The van der Waals surface area contributed by atoms with Gasteiger partial charge in [-0.05, 0) is 36.4 Å². The monoisotopic (exact) mass is 400 g/mol. The zero-order valence-corrected chi connectivity index (χ0v) is 15.8. The molecule has 0 radical (unpaired) electrons. The van der Waals surface area contributed by atoms with E-state index in [4.69, 9.17) is 9.47 Å². The van der Waals surface area contributed by atoms with E-state index in [0.29, 0.717) is 22.1 Å². The van der Waals surface area contributed by atoms with Crippen LogP contribution in [0.25, 0.3) is 0 Å². The number of anilines is 1. The Morgan fingerprint density at radius 3 is 2.64 bits per heavy atom. The predicted octanol–water partition coefficient (Wildman–Crippen LogP) is 3.83. The maximum atomic E-state index is 12.9. The fourth-order valence-electron chi connectivity index (χ4n) is 2.41. The van der Waals surface area contributed by atoms with Crippen molar-refractivity contribution in [2.24, 2.45) is 0 Å². The van der Waals surface area contributed by atoms with Gasteiger partial charge in [0, 0.05) is 5.38 Å². The van der Waals surface area contributed by atoms with Crippen LogP contribution >= 0.6 is 11.3 Å². The number of methoxy groups -OCH3 is 1. The average Bonchev–Trinajstić information content (AvgIpc) is 3.14. The highest BCUT2D eigenvalue weighted by Gasteiger charge is 2.14. The molecule has 144 valence electrons. The van der Waals surface area contributed by atoms with Gasteiger partial charge in [0.05, 0.1) is 30.5 Å². The van der Waals surface area contributed by atoms with Crippen molar-refractivity contribution in [1.29, 1.82) is 0 Å². The van der Waals surface area contributed by atoms with E-state index < -0.39 is 5.97 Å². The molecule has 0 bridgehead atoms. The zero-order chi connectivity index (χ0) is 19.9. The lowest BCUT2D eigenvalue weighted by molar-refractivity contribution is -0.115.